The molecule has 1 unspecified atom stereocenters. The number of carbonyl (C=O) groups excluding carboxylic acids is 1. The van der Waals surface area contributed by atoms with Crippen molar-refractivity contribution in [1.82, 2.24) is 9.55 Å². The van der Waals surface area contributed by atoms with Gasteiger partial charge in [0.15, 0.2) is 5.16 Å². The molecule has 28 heavy (non-hydrogen) atoms. The Balaban J connectivity index is 1.72. The maximum atomic E-state index is 12.7. The monoisotopic (exact) mass is 417 g/mol. The Morgan fingerprint density at radius 2 is 1.79 bits per heavy atom. The number of imidazole rings is 1. The van der Waals surface area contributed by atoms with Crippen LogP contribution in [0.2, 0.25) is 5.02 Å². The average Bonchev–Trinajstić information content (AvgIpc) is 3.16. The Morgan fingerprint density at radius 1 is 1.14 bits per heavy atom. The van der Waals surface area contributed by atoms with E-state index in [1.807, 2.05) is 42.0 Å². The standard InChI is InChI=1S/C20H20ClN3O3S/c1-13(19(25)23-15-10-17(26-2)12-18(11-15)27-3)28-20-22-8-9-24(20)16-6-4-14(21)5-7-16/h4-13H,1-3H3,(H,23,25). The Kier molecular flexibility index (Phi) is 6.49. The molecule has 0 bridgehead atoms. The van der Waals surface area contributed by atoms with Crippen molar-refractivity contribution in [2.45, 2.75) is 17.3 Å². The van der Waals surface area contributed by atoms with Gasteiger partial charge in [-0.15, -0.1) is 0 Å². The van der Waals surface area contributed by atoms with Crippen LogP contribution in [0.3, 0.4) is 0 Å². The number of methoxy groups -OCH3 is 2. The van der Waals surface area contributed by atoms with Crippen LogP contribution in [0.5, 0.6) is 11.5 Å². The van der Waals surface area contributed by atoms with Crippen molar-refractivity contribution < 1.29 is 14.3 Å². The molecule has 0 aliphatic rings. The second-order valence-electron chi connectivity index (χ2n) is 5.91. The van der Waals surface area contributed by atoms with E-state index in [9.17, 15) is 4.79 Å². The lowest BCUT2D eigenvalue weighted by Crippen LogP contribution is -2.22. The minimum Gasteiger partial charge on any atom is -0.497 e. The Hall–Kier alpha value is -2.64. The van der Waals surface area contributed by atoms with Gasteiger partial charge in [0.2, 0.25) is 5.91 Å². The fourth-order valence-electron chi connectivity index (χ4n) is 2.51. The number of nitrogens with one attached hydrogen (secondary N) is 1. The van der Waals surface area contributed by atoms with Gasteiger partial charge in [-0.25, -0.2) is 4.98 Å². The molecule has 1 aromatic heterocycles. The summed E-state index contributed by atoms with van der Waals surface area (Å²) in [7, 11) is 3.13. The number of amides is 1. The molecule has 1 heterocycles. The number of aromatic nitrogens is 2. The largest absolute Gasteiger partial charge is 0.497 e. The molecular weight excluding hydrogens is 398 g/mol. The highest BCUT2D eigenvalue weighted by molar-refractivity contribution is 8.00. The molecule has 0 aliphatic heterocycles. The number of thioether (sulfide) groups is 1. The molecule has 2 aromatic carbocycles. The number of benzene rings is 2. The average molecular weight is 418 g/mol. The van der Waals surface area contributed by atoms with E-state index >= 15 is 0 Å². The fraction of sp³-hybridized carbons (Fsp3) is 0.200. The number of anilines is 1. The van der Waals surface area contributed by atoms with Crippen LogP contribution < -0.4 is 14.8 Å². The van der Waals surface area contributed by atoms with Crippen molar-refractivity contribution in [3.63, 3.8) is 0 Å². The molecule has 3 rings (SSSR count). The normalized spacial score (nSPS) is 11.7. The third-order valence-corrected chi connectivity index (χ3v) is 5.31. The minimum absolute atomic E-state index is 0.147. The van der Waals surface area contributed by atoms with Crippen molar-refractivity contribution in [1.29, 1.82) is 0 Å². The van der Waals surface area contributed by atoms with E-state index in [4.69, 9.17) is 21.1 Å². The maximum Gasteiger partial charge on any atom is 0.237 e. The van der Waals surface area contributed by atoms with Gasteiger partial charge in [0, 0.05) is 47.0 Å². The molecule has 0 aliphatic carbocycles. The smallest absolute Gasteiger partial charge is 0.237 e. The molecule has 0 fully saturated rings. The van der Waals surface area contributed by atoms with Gasteiger partial charge in [-0.3, -0.25) is 9.36 Å². The number of nitrogens with zero attached hydrogens (tertiary/aromatic N) is 2. The Bertz CT molecular complexity index is 937. The topological polar surface area (TPSA) is 65.4 Å². The molecule has 0 saturated heterocycles. The third-order valence-electron chi connectivity index (χ3n) is 3.98. The predicted molar refractivity (Wildman–Crippen MR) is 112 cm³/mol. The molecule has 1 N–H and O–H groups in total. The summed E-state index contributed by atoms with van der Waals surface area (Å²) in [5, 5.41) is 3.91. The Labute approximate surface area is 172 Å². The van der Waals surface area contributed by atoms with Crippen LogP contribution in [0.4, 0.5) is 5.69 Å². The zero-order valence-corrected chi connectivity index (χ0v) is 17.3. The van der Waals surface area contributed by atoms with Crippen molar-refractivity contribution in [3.8, 4) is 17.2 Å². The van der Waals surface area contributed by atoms with Crippen LogP contribution in [0.15, 0.2) is 60.0 Å². The number of carbonyl (C=O) groups is 1. The molecule has 0 spiro atoms. The summed E-state index contributed by atoms with van der Waals surface area (Å²) in [6.45, 7) is 1.83. The van der Waals surface area contributed by atoms with Gasteiger partial charge in [-0.1, -0.05) is 23.4 Å². The van der Waals surface area contributed by atoms with Crippen LogP contribution in [0, 0.1) is 0 Å². The second-order valence-corrected chi connectivity index (χ2v) is 7.65. The number of halogens is 1. The van der Waals surface area contributed by atoms with Gasteiger partial charge in [0.1, 0.15) is 11.5 Å². The van der Waals surface area contributed by atoms with Gasteiger partial charge in [-0.2, -0.15) is 0 Å². The van der Waals surface area contributed by atoms with E-state index in [1.165, 1.54) is 11.8 Å². The van der Waals surface area contributed by atoms with E-state index < -0.39 is 0 Å². The van der Waals surface area contributed by atoms with Crippen molar-refractivity contribution >= 4 is 35.0 Å². The summed E-state index contributed by atoms with van der Waals surface area (Å²) in [6.07, 6.45) is 3.55. The van der Waals surface area contributed by atoms with Crippen molar-refractivity contribution in [3.05, 3.63) is 59.9 Å². The fourth-order valence-corrected chi connectivity index (χ4v) is 3.52. The van der Waals surface area contributed by atoms with Gasteiger partial charge in [0.25, 0.3) is 0 Å². The van der Waals surface area contributed by atoms with E-state index in [1.54, 1.807) is 38.6 Å². The zero-order chi connectivity index (χ0) is 20.1. The maximum absolute atomic E-state index is 12.7. The highest BCUT2D eigenvalue weighted by Crippen LogP contribution is 2.28. The van der Waals surface area contributed by atoms with Crippen LogP contribution in [0.1, 0.15) is 6.92 Å². The van der Waals surface area contributed by atoms with E-state index in [0.717, 1.165) is 5.69 Å². The highest BCUT2D eigenvalue weighted by Gasteiger charge is 2.18. The first-order valence-corrected chi connectivity index (χ1v) is 9.76. The first kappa shape index (κ1) is 20.1. The number of hydrogen-bond acceptors (Lipinski definition) is 5. The first-order chi connectivity index (χ1) is 13.5. The molecule has 1 amide bonds. The lowest BCUT2D eigenvalue weighted by atomic mass is 10.2. The first-order valence-electron chi connectivity index (χ1n) is 8.50. The summed E-state index contributed by atoms with van der Waals surface area (Å²) in [5.41, 5.74) is 1.53. The lowest BCUT2D eigenvalue weighted by molar-refractivity contribution is -0.115. The number of hydrogen-bond donors (Lipinski definition) is 1. The van der Waals surface area contributed by atoms with Crippen LogP contribution >= 0.6 is 23.4 Å². The molecular formula is C20H20ClN3O3S. The Morgan fingerprint density at radius 3 is 2.39 bits per heavy atom. The summed E-state index contributed by atoms with van der Waals surface area (Å²) < 4.78 is 12.4. The zero-order valence-electron chi connectivity index (χ0n) is 15.7. The van der Waals surface area contributed by atoms with Crippen LogP contribution in [-0.2, 0) is 4.79 Å². The van der Waals surface area contributed by atoms with E-state index in [0.29, 0.717) is 27.4 Å². The third kappa shape index (κ3) is 4.79. The molecule has 1 atom stereocenters. The molecule has 0 saturated carbocycles. The van der Waals surface area contributed by atoms with E-state index in [2.05, 4.69) is 10.3 Å². The molecule has 6 nitrogen and oxygen atoms in total. The lowest BCUT2D eigenvalue weighted by Gasteiger charge is -2.14. The second kappa shape index (κ2) is 9.03. The van der Waals surface area contributed by atoms with Gasteiger partial charge in [0.05, 0.1) is 19.5 Å². The minimum atomic E-state index is -0.370. The number of ether oxygens (including phenoxy) is 2. The van der Waals surface area contributed by atoms with Crippen molar-refractivity contribution in [2.24, 2.45) is 0 Å². The SMILES string of the molecule is COc1cc(NC(=O)C(C)Sc2nccn2-c2ccc(Cl)cc2)cc(OC)c1. The highest BCUT2D eigenvalue weighted by atomic mass is 35.5. The molecule has 3 aromatic rings. The number of rotatable bonds is 7. The quantitative estimate of drug-likeness (QED) is 0.566. The van der Waals surface area contributed by atoms with Crippen LogP contribution in [0.25, 0.3) is 5.69 Å². The molecule has 0 radical (unpaired) electrons. The summed E-state index contributed by atoms with van der Waals surface area (Å²) in [5.74, 6) is 1.06. The predicted octanol–water partition coefficient (Wildman–Crippen LogP) is 4.66. The van der Waals surface area contributed by atoms with Crippen molar-refractivity contribution in [2.75, 3.05) is 19.5 Å². The molecule has 8 heteroatoms. The van der Waals surface area contributed by atoms with E-state index in [-0.39, 0.29) is 11.2 Å². The summed E-state index contributed by atoms with van der Waals surface area (Å²) >= 11 is 7.33. The van der Waals surface area contributed by atoms with Crippen LogP contribution in [-0.4, -0.2) is 34.9 Å². The van der Waals surface area contributed by atoms with Gasteiger partial charge in [-0.05, 0) is 31.2 Å². The van der Waals surface area contributed by atoms with Gasteiger partial charge >= 0.3 is 0 Å². The summed E-state index contributed by atoms with van der Waals surface area (Å²) in [6, 6.07) is 12.7. The molecule has 146 valence electrons. The van der Waals surface area contributed by atoms with Gasteiger partial charge < -0.3 is 14.8 Å². The summed E-state index contributed by atoms with van der Waals surface area (Å²) in [4.78, 5) is 17.0.